The monoisotopic (exact) mass is 298 g/mol. The first-order valence-electron chi connectivity index (χ1n) is 7.03. The van der Waals surface area contributed by atoms with Crippen molar-refractivity contribution in [3.8, 4) is 17.1 Å². The van der Waals surface area contributed by atoms with Gasteiger partial charge in [0.15, 0.2) is 0 Å². The van der Waals surface area contributed by atoms with Crippen LogP contribution >= 0.6 is 0 Å². The summed E-state index contributed by atoms with van der Waals surface area (Å²) in [6, 6.07) is 15.8. The number of nitrogens with zero attached hydrogens (tertiary/aromatic N) is 4. The predicted octanol–water partition coefficient (Wildman–Crippen LogP) is 2.95. The van der Waals surface area contributed by atoms with E-state index in [0.717, 1.165) is 12.2 Å². The number of hydrogen-bond donors (Lipinski definition) is 0. The fraction of sp³-hybridized carbons (Fsp3) is 0.188. The molecule has 0 aliphatic heterocycles. The van der Waals surface area contributed by atoms with Gasteiger partial charge in [-0.1, -0.05) is 30.3 Å². The summed E-state index contributed by atoms with van der Waals surface area (Å²) >= 11 is 0. The molecule has 22 heavy (non-hydrogen) atoms. The maximum Gasteiger partial charge on any atom is 0.205 e. The highest BCUT2D eigenvalue weighted by Crippen LogP contribution is 2.14. The Morgan fingerprint density at radius 2 is 1.91 bits per heavy atom. The third-order valence-corrected chi connectivity index (χ3v) is 3.05. The first-order valence-corrected chi connectivity index (χ1v) is 7.03. The normalized spacial score (nSPS) is 10.6. The van der Waals surface area contributed by atoms with Gasteiger partial charge in [-0.25, -0.2) is 4.39 Å². The minimum Gasteiger partial charge on any atom is -0.494 e. The van der Waals surface area contributed by atoms with Crippen molar-refractivity contribution in [3.05, 3.63) is 60.4 Å². The van der Waals surface area contributed by atoms with Crippen molar-refractivity contribution in [3.63, 3.8) is 0 Å². The van der Waals surface area contributed by atoms with Crippen molar-refractivity contribution in [1.82, 2.24) is 20.2 Å². The van der Waals surface area contributed by atoms with Gasteiger partial charge in [-0.3, -0.25) is 0 Å². The maximum atomic E-state index is 13.2. The molecule has 0 aliphatic rings. The first-order chi connectivity index (χ1) is 10.8. The van der Waals surface area contributed by atoms with Crippen LogP contribution in [0.5, 0.6) is 5.75 Å². The number of benzene rings is 2. The van der Waals surface area contributed by atoms with Crippen LogP contribution in [0.3, 0.4) is 0 Å². The zero-order valence-electron chi connectivity index (χ0n) is 11.9. The Kier molecular flexibility index (Phi) is 4.38. The molecule has 0 radical (unpaired) electrons. The predicted molar refractivity (Wildman–Crippen MR) is 79.8 cm³/mol. The second-order valence-electron chi connectivity index (χ2n) is 4.73. The highest BCUT2D eigenvalue weighted by atomic mass is 19.1. The van der Waals surface area contributed by atoms with Gasteiger partial charge in [0, 0.05) is 12.0 Å². The number of hydrogen-bond acceptors (Lipinski definition) is 4. The van der Waals surface area contributed by atoms with E-state index in [4.69, 9.17) is 4.74 Å². The molecule has 0 fully saturated rings. The van der Waals surface area contributed by atoms with Crippen LogP contribution in [0, 0.1) is 5.82 Å². The van der Waals surface area contributed by atoms with Crippen molar-refractivity contribution < 1.29 is 9.13 Å². The molecule has 5 nitrogen and oxygen atoms in total. The molecule has 0 bridgehead atoms. The smallest absolute Gasteiger partial charge is 0.205 e. The molecule has 1 aromatic heterocycles. The molecule has 0 amide bonds. The van der Waals surface area contributed by atoms with E-state index >= 15 is 0 Å². The van der Waals surface area contributed by atoms with E-state index in [0.29, 0.717) is 24.5 Å². The number of para-hydroxylation sites is 1. The third kappa shape index (κ3) is 3.66. The highest BCUT2D eigenvalue weighted by Gasteiger charge is 2.06. The van der Waals surface area contributed by atoms with E-state index in [2.05, 4.69) is 15.4 Å². The van der Waals surface area contributed by atoms with E-state index in [1.807, 2.05) is 30.3 Å². The molecule has 0 spiro atoms. The Morgan fingerprint density at radius 3 is 2.73 bits per heavy atom. The Bertz CT molecular complexity index is 730. The van der Waals surface area contributed by atoms with E-state index in [1.54, 1.807) is 12.1 Å². The molecule has 0 aliphatic carbocycles. The Morgan fingerprint density at radius 1 is 1.05 bits per heavy atom. The molecule has 0 saturated carbocycles. The average Bonchev–Trinajstić information content (AvgIpc) is 3.02. The van der Waals surface area contributed by atoms with Crippen LogP contribution < -0.4 is 4.74 Å². The summed E-state index contributed by atoms with van der Waals surface area (Å²) in [5, 5.41) is 12.1. The Hall–Kier alpha value is -2.76. The van der Waals surface area contributed by atoms with E-state index in [-0.39, 0.29) is 5.82 Å². The van der Waals surface area contributed by atoms with Crippen LogP contribution in [0.4, 0.5) is 4.39 Å². The molecule has 0 N–H and O–H groups in total. The minimum atomic E-state index is -0.315. The van der Waals surface area contributed by atoms with Crippen LogP contribution in [-0.4, -0.2) is 26.8 Å². The number of tetrazole rings is 1. The fourth-order valence-electron chi connectivity index (χ4n) is 1.99. The summed E-state index contributed by atoms with van der Waals surface area (Å²) in [5.41, 5.74) is 0.617. The molecule has 0 saturated heterocycles. The zero-order chi connectivity index (χ0) is 15.2. The van der Waals surface area contributed by atoms with Crippen molar-refractivity contribution in [2.75, 3.05) is 6.61 Å². The van der Waals surface area contributed by atoms with E-state index < -0.39 is 0 Å². The molecular formula is C16H15FN4O. The second kappa shape index (κ2) is 6.80. The number of rotatable bonds is 6. The number of halogens is 1. The SMILES string of the molecule is Fc1cccc(-c2nnn(CCCOc3ccccc3)n2)c1. The summed E-state index contributed by atoms with van der Waals surface area (Å²) in [7, 11) is 0. The molecule has 1 heterocycles. The van der Waals surface area contributed by atoms with Crippen LogP contribution in [0.15, 0.2) is 54.6 Å². The number of aryl methyl sites for hydroxylation is 1. The number of ether oxygens (including phenoxy) is 1. The van der Waals surface area contributed by atoms with Crippen molar-refractivity contribution >= 4 is 0 Å². The summed E-state index contributed by atoms with van der Waals surface area (Å²) < 4.78 is 18.8. The largest absolute Gasteiger partial charge is 0.494 e. The van der Waals surface area contributed by atoms with Gasteiger partial charge in [0.05, 0.1) is 13.2 Å². The average molecular weight is 298 g/mol. The lowest BCUT2D eigenvalue weighted by Crippen LogP contribution is -2.07. The number of aromatic nitrogens is 4. The molecule has 0 atom stereocenters. The quantitative estimate of drug-likeness (QED) is 0.657. The summed E-state index contributed by atoms with van der Waals surface area (Å²) in [5.74, 6) is 0.947. The standard InChI is InChI=1S/C16H15FN4O/c17-14-7-4-6-13(12-14)16-18-20-21(19-16)10-5-11-22-15-8-2-1-3-9-15/h1-4,6-9,12H,5,10-11H2. The fourth-order valence-corrected chi connectivity index (χ4v) is 1.99. The molecule has 6 heteroatoms. The first kappa shape index (κ1) is 14.2. The van der Waals surface area contributed by atoms with Crippen molar-refractivity contribution in [2.45, 2.75) is 13.0 Å². The summed E-state index contributed by atoms with van der Waals surface area (Å²) in [4.78, 5) is 1.49. The van der Waals surface area contributed by atoms with Gasteiger partial charge in [0.25, 0.3) is 0 Å². The van der Waals surface area contributed by atoms with Gasteiger partial charge < -0.3 is 4.74 Å². The lowest BCUT2D eigenvalue weighted by Gasteiger charge is -2.04. The summed E-state index contributed by atoms with van der Waals surface area (Å²) in [6.07, 6.45) is 0.758. The zero-order valence-corrected chi connectivity index (χ0v) is 11.9. The molecular weight excluding hydrogens is 283 g/mol. The minimum absolute atomic E-state index is 0.315. The van der Waals surface area contributed by atoms with Crippen molar-refractivity contribution in [2.24, 2.45) is 0 Å². The van der Waals surface area contributed by atoms with E-state index in [9.17, 15) is 4.39 Å². The Balaban J connectivity index is 1.52. The van der Waals surface area contributed by atoms with Crippen molar-refractivity contribution in [1.29, 1.82) is 0 Å². The van der Waals surface area contributed by atoms with Gasteiger partial charge in [0.2, 0.25) is 5.82 Å². The Labute approximate surface area is 127 Å². The molecule has 112 valence electrons. The van der Waals surface area contributed by atoms with Gasteiger partial charge in [-0.2, -0.15) is 4.80 Å². The van der Waals surface area contributed by atoms with Crippen LogP contribution in [-0.2, 0) is 6.54 Å². The lowest BCUT2D eigenvalue weighted by molar-refractivity contribution is 0.293. The lowest BCUT2D eigenvalue weighted by atomic mass is 10.2. The molecule has 3 rings (SSSR count). The maximum absolute atomic E-state index is 13.2. The van der Waals surface area contributed by atoms with Crippen LogP contribution in [0.2, 0.25) is 0 Å². The molecule has 2 aromatic carbocycles. The van der Waals surface area contributed by atoms with Crippen LogP contribution in [0.1, 0.15) is 6.42 Å². The van der Waals surface area contributed by atoms with Gasteiger partial charge in [0.1, 0.15) is 11.6 Å². The second-order valence-corrected chi connectivity index (χ2v) is 4.73. The van der Waals surface area contributed by atoms with Crippen LogP contribution in [0.25, 0.3) is 11.4 Å². The van der Waals surface area contributed by atoms with Gasteiger partial charge in [-0.15, -0.1) is 10.2 Å². The molecule has 3 aromatic rings. The third-order valence-electron chi connectivity index (χ3n) is 3.05. The topological polar surface area (TPSA) is 52.8 Å². The summed E-state index contributed by atoms with van der Waals surface area (Å²) in [6.45, 7) is 1.16. The van der Waals surface area contributed by atoms with Gasteiger partial charge in [-0.05, 0) is 29.5 Å². The van der Waals surface area contributed by atoms with E-state index in [1.165, 1.54) is 16.9 Å². The molecule has 0 unspecified atom stereocenters. The van der Waals surface area contributed by atoms with Gasteiger partial charge >= 0.3 is 0 Å². The highest BCUT2D eigenvalue weighted by molar-refractivity contribution is 5.53.